The highest BCUT2D eigenvalue weighted by atomic mass is 16.5. The third kappa shape index (κ3) is 6.79. The van der Waals surface area contributed by atoms with E-state index in [9.17, 15) is 4.79 Å². The summed E-state index contributed by atoms with van der Waals surface area (Å²) in [6.07, 6.45) is 13.1. The molecule has 4 heteroatoms. The van der Waals surface area contributed by atoms with E-state index in [4.69, 9.17) is 10.5 Å². The van der Waals surface area contributed by atoms with Gasteiger partial charge in [0, 0.05) is 19.0 Å². The number of carbonyl (C=O) groups is 1. The van der Waals surface area contributed by atoms with Gasteiger partial charge in [0.1, 0.15) is 0 Å². The molecule has 2 aliphatic carbocycles. The van der Waals surface area contributed by atoms with Crippen LogP contribution in [0.25, 0.3) is 0 Å². The van der Waals surface area contributed by atoms with E-state index in [1.165, 1.54) is 38.5 Å². The maximum atomic E-state index is 11.9. The van der Waals surface area contributed by atoms with Crippen molar-refractivity contribution in [2.75, 3.05) is 13.2 Å². The van der Waals surface area contributed by atoms with Crippen molar-refractivity contribution in [3.8, 4) is 0 Å². The van der Waals surface area contributed by atoms with Crippen molar-refractivity contribution in [2.24, 2.45) is 11.7 Å². The minimum Gasteiger partial charge on any atom is -0.376 e. The van der Waals surface area contributed by atoms with Gasteiger partial charge in [0.2, 0.25) is 5.91 Å². The van der Waals surface area contributed by atoms with Crippen molar-refractivity contribution >= 4 is 5.91 Å². The van der Waals surface area contributed by atoms with E-state index in [1.807, 2.05) is 0 Å². The van der Waals surface area contributed by atoms with Crippen LogP contribution in [-0.2, 0) is 9.53 Å². The van der Waals surface area contributed by atoms with Crippen LogP contribution in [0.15, 0.2) is 0 Å². The highest BCUT2D eigenvalue weighted by Crippen LogP contribution is 2.25. The van der Waals surface area contributed by atoms with Gasteiger partial charge in [-0.1, -0.05) is 25.7 Å². The molecular formula is C17H32N2O2. The number of hydrogen-bond acceptors (Lipinski definition) is 3. The van der Waals surface area contributed by atoms with Crippen LogP contribution in [0, 0.1) is 5.92 Å². The quantitative estimate of drug-likeness (QED) is 0.585. The Labute approximate surface area is 129 Å². The fourth-order valence-corrected chi connectivity index (χ4v) is 3.57. The second-order valence-electron chi connectivity index (χ2n) is 6.82. The molecule has 2 aliphatic rings. The number of amides is 1. The molecule has 3 N–H and O–H groups in total. The third-order valence-electron chi connectivity index (χ3n) is 4.95. The van der Waals surface area contributed by atoms with Gasteiger partial charge in [0.15, 0.2) is 0 Å². The lowest BCUT2D eigenvalue weighted by molar-refractivity contribution is -0.122. The summed E-state index contributed by atoms with van der Waals surface area (Å²) in [5.74, 6) is 0.810. The molecule has 2 fully saturated rings. The smallest absolute Gasteiger partial charge is 0.220 e. The molecule has 0 spiro atoms. The average molecular weight is 296 g/mol. The molecule has 1 amide bonds. The van der Waals surface area contributed by atoms with E-state index in [0.717, 1.165) is 25.7 Å². The lowest BCUT2D eigenvalue weighted by atomic mass is 9.94. The SMILES string of the molecule is NC1CCC(OCCNC(=O)CC2CCCCCC2)CC1. The van der Waals surface area contributed by atoms with Gasteiger partial charge >= 0.3 is 0 Å². The fourth-order valence-electron chi connectivity index (χ4n) is 3.57. The van der Waals surface area contributed by atoms with Gasteiger partial charge in [-0.25, -0.2) is 0 Å². The number of rotatable bonds is 6. The van der Waals surface area contributed by atoms with E-state index in [-0.39, 0.29) is 5.91 Å². The third-order valence-corrected chi connectivity index (χ3v) is 4.95. The van der Waals surface area contributed by atoms with Crippen molar-refractivity contribution in [1.29, 1.82) is 0 Å². The van der Waals surface area contributed by atoms with Crippen LogP contribution in [0.5, 0.6) is 0 Å². The molecule has 0 unspecified atom stereocenters. The van der Waals surface area contributed by atoms with Gasteiger partial charge in [0.05, 0.1) is 12.7 Å². The number of hydrogen-bond donors (Lipinski definition) is 2. The summed E-state index contributed by atoms with van der Waals surface area (Å²) < 4.78 is 5.82. The first kappa shape index (κ1) is 16.8. The number of nitrogens with two attached hydrogens (primary N) is 1. The standard InChI is InChI=1S/C17H32N2O2/c18-15-7-9-16(10-8-15)21-12-11-19-17(20)13-14-5-3-1-2-4-6-14/h14-16H,1-13,18H2,(H,19,20). The Morgan fingerprint density at radius 3 is 2.33 bits per heavy atom. The lowest BCUT2D eigenvalue weighted by Crippen LogP contribution is -2.33. The Bertz CT molecular complexity index is 293. The van der Waals surface area contributed by atoms with Gasteiger partial charge in [-0.05, 0) is 44.4 Å². The van der Waals surface area contributed by atoms with Crippen molar-refractivity contribution in [2.45, 2.75) is 82.8 Å². The summed E-state index contributed by atoms with van der Waals surface area (Å²) in [6.45, 7) is 1.28. The van der Waals surface area contributed by atoms with Gasteiger partial charge in [0.25, 0.3) is 0 Å². The van der Waals surface area contributed by atoms with Crippen LogP contribution < -0.4 is 11.1 Å². The summed E-state index contributed by atoms with van der Waals surface area (Å²) in [6, 6.07) is 0.365. The molecule has 0 aliphatic heterocycles. The van der Waals surface area contributed by atoms with Crippen LogP contribution in [0.1, 0.15) is 70.6 Å². The molecule has 0 heterocycles. The predicted molar refractivity (Wildman–Crippen MR) is 85.0 cm³/mol. The molecule has 2 saturated carbocycles. The number of nitrogens with one attached hydrogen (secondary N) is 1. The van der Waals surface area contributed by atoms with Crippen LogP contribution in [0.2, 0.25) is 0 Å². The molecule has 4 nitrogen and oxygen atoms in total. The first-order valence-electron chi connectivity index (χ1n) is 8.88. The number of carbonyl (C=O) groups excluding carboxylic acids is 1. The lowest BCUT2D eigenvalue weighted by Gasteiger charge is -2.26. The normalized spacial score (nSPS) is 28.0. The van der Waals surface area contributed by atoms with E-state index in [2.05, 4.69) is 5.32 Å². The Hall–Kier alpha value is -0.610. The van der Waals surface area contributed by atoms with Gasteiger partial charge in [-0.3, -0.25) is 4.79 Å². The Morgan fingerprint density at radius 2 is 1.67 bits per heavy atom. The largest absolute Gasteiger partial charge is 0.376 e. The van der Waals surface area contributed by atoms with E-state index in [0.29, 0.717) is 37.6 Å². The molecule has 122 valence electrons. The van der Waals surface area contributed by atoms with Crippen LogP contribution in [0.3, 0.4) is 0 Å². The van der Waals surface area contributed by atoms with Gasteiger partial charge < -0.3 is 15.8 Å². The summed E-state index contributed by atoms with van der Waals surface area (Å²) >= 11 is 0. The van der Waals surface area contributed by atoms with Crippen molar-refractivity contribution in [1.82, 2.24) is 5.32 Å². The zero-order valence-corrected chi connectivity index (χ0v) is 13.3. The molecule has 0 bridgehead atoms. The highest BCUT2D eigenvalue weighted by molar-refractivity contribution is 5.76. The zero-order valence-electron chi connectivity index (χ0n) is 13.3. The summed E-state index contributed by atoms with van der Waals surface area (Å²) in [7, 11) is 0. The topological polar surface area (TPSA) is 64.3 Å². The Kier molecular flexibility index (Phi) is 7.51. The molecule has 0 saturated heterocycles. The minimum atomic E-state index is 0.205. The zero-order chi connectivity index (χ0) is 14.9. The Balaban J connectivity index is 1.50. The first-order valence-corrected chi connectivity index (χ1v) is 8.88. The highest BCUT2D eigenvalue weighted by Gasteiger charge is 2.19. The molecule has 0 atom stereocenters. The second-order valence-corrected chi connectivity index (χ2v) is 6.82. The molecular weight excluding hydrogens is 264 g/mol. The van der Waals surface area contributed by atoms with Crippen molar-refractivity contribution < 1.29 is 9.53 Å². The maximum Gasteiger partial charge on any atom is 0.220 e. The van der Waals surface area contributed by atoms with Gasteiger partial charge in [-0.2, -0.15) is 0 Å². The predicted octanol–water partition coefficient (Wildman–Crippen LogP) is 2.75. The van der Waals surface area contributed by atoms with Crippen molar-refractivity contribution in [3.05, 3.63) is 0 Å². The maximum absolute atomic E-state index is 11.9. The molecule has 21 heavy (non-hydrogen) atoms. The van der Waals surface area contributed by atoms with Crippen LogP contribution in [0.4, 0.5) is 0 Å². The first-order chi connectivity index (χ1) is 10.2. The minimum absolute atomic E-state index is 0.205. The molecule has 0 aromatic rings. The molecule has 0 aromatic carbocycles. The number of ether oxygens (including phenoxy) is 1. The molecule has 0 radical (unpaired) electrons. The molecule has 0 aromatic heterocycles. The summed E-state index contributed by atoms with van der Waals surface area (Å²) in [4.78, 5) is 11.9. The fraction of sp³-hybridized carbons (Fsp3) is 0.941. The summed E-state index contributed by atoms with van der Waals surface area (Å²) in [5, 5.41) is 3.01. The van der Waals surface area contributed by atoms with Crippen LogP contribution >= 0.6 is 0 Å². The van der Waals surface area contributed by atoms with Crippen molar-refractivity contribution in [3.63, 3.8) is 0 Å². The van der Waals surface area contributed by atoms with E-state index in [1.54, 1.807) is 0 Å². The summed E-state index contributed by atoms with van der Waals surface area (Å²) in [5.41, 5.74) is 5.88. The second kappa shape index (κ2) is 9.42. The average Bonchev–Trinajstić information content (AvgIpc) is 2.74. The molecule has 2 rings (SSSR count). The van der Waals surface area contributed by atoms with E-state index >= 15 is 0 Å². The Morgan fingerprint density at radius 1 is 1.00 bits per heavy atom. The van der Waals surface area contributed by atoms with E-state index < -0.39 is 0 Å². The van der Waals surface area contributed by atoms with Crippen LogP contribution in [-0.4, -0.2) is 31.2 Å². The monoisotopic (exact) mass is 296 g/mol. The van der Waals surface area contributed by atoms with Gasteiger partial charge in [-0.15, -0.1) is 0 Å².